The second-order valence-electron chi connectivity index (χ2n) is 5.77. The highest BCUT2D eigenvalue weighted by Gasteiger charge is 2.11. The van der Waals surface area contributed by atoms with E-state index in [1.165, 1.54) is 0 Å². The SMILES string of the molecule is COc1ccc(CCNC(=O)c2ccccc2-c2ccccc2)cc1. The van der Waals surface area contributed by atoms with Crippen LogP contribution in [0.15, 0.2) is 78.9 Å². The standard InChI is InChI=1S/C22H21NO2/c1-25-19-13-11-17(12-14-19)15-16-23-22(24)21-10-6-5-9-20(21)18-7-3-2-4-8-18/h2-14H,15-16H2,1H3,(H,23,24). The summed E-state index contributed by atoms with van der Waals surface area (Å²) < 4.78 is 5.16. The summed E-state index contributed by atoms with van der Waals surface area (Å²) in [6, 6.07) is 25.6. The largest absolute Gasteiger partial charge is 0.497 e. The normalized spacial score (nSPS) is 10.3. The molecule has 3 heteroatoms. The summed E-state index contributed by atoms with van der Waals surface area (Å²) in [6.45, 7) is 0.592. The molecule has 1 N–H and O–H groups in total. The Hall–Kier alpha value is -3.07. The molecule has 3 rings (SSSR count). The third-order valence-corrected chi connectivity index (χ3v) is 4.11. The maximum atomic E-state index is 12.6. The van der Waals surface area contributed by atoms with Crippen molar-refractivity contribution in [1.82, 2.24) is 5.32 Å². The van der Waals surface area contributed by atoms with Crippen molar-refractivity contribution in [3.8, 4) is 16.9 Å². The monoisotopic (exact) mass is 331 g/mol. The number of carbonyl (C=O) groups excluding carboxylic acids is 1. The fourth-order valence-electron chi connectivity index (χ4n) is 2.76. The second kappa shape index (κ2) is 8.15. The first-order valence-corrected chi connectivity index (χ1v) is 8.33. The molecule has 0 aromatic heterocycles. The van der Waals surface area contributed by atoms with Crippen molar-refractivity contribution < 1.29 is 9.53 Å². The average Bonchev–Trinajstić information content (AvgIpc) is 2.69. The minimum absolute atomic E-state index is 0.0482. The summed E-state index contributed by atoms with van der Waals surface area (Å²) in [7, 11) is 1.65. The lowest BCUT2D eigenvalue weighted by atomic mass is 9.99. The third kappa shape index (κ3) is 4.27. The van der Waals surface area contributed by atoms with Crippen molar-refractivity contribution in [2.75, 3.05) is 13.7 Å². The highest BCUT2D eigenvalue weighted by atomic mass is 16.5. The van der Waals surface area contributed by atoms with E-state index in [9.17, 15) is 4.79 Å². The van der Waals surface area contributed by atoms with Crippen LogP contribution in [0.5, 0.6) is 5.75 Å². The van der Waals surface area contributed by atoms with Gasteiger partial charge in [0.1, 0.15) is 5.75 Å². The van der Waals surface area contributed by atoms with E-state index in [-0.39, 0.29) is 5.91 Å². The zero-order chi connectivity index (χ0) is 17.5. The average molecular weight is 331 g/mol. The van der Waals surface area contributed by atoms with Crippen molar-refractivity contribution in [3.63, 3.8) is 0 Å². The van der Waals surface area contributed by atoms with Gasteiger partial charge in [-0.25, -0.2) is 0 Å². The zero-order valence-corrected chi connectivity index (χ0v) is 14.2. The number of benzene rings is 3. The van der Waals surface area contributed by atoms with E-state index in [0.717, 1.165) is 28.9 Å². The minimum atomic E-state index is -0.0482. The Labute approximate surface area is 148 Å². The lowest BCUT2D eigenvalue weighted by Crippen LogP contribution is -2.26. The number of nitrogens with one attached hydrogen (secondary N) is 1. The predicted molar refractivity (Wildman–Crippen MR) is 101 cm³/mol. The van der Waals surface area contributed by atoms with Crippen molar-refractivity contribution in [2.45, 2.75) is 6.42 Å². The Morgan fingerprint density at radius 1 is 0.880 bits per heavy atom. The molecule has 25 heavy (non-hydrogen) atoms. The number of methoxy groups -OCH3 is 1. The Balaban J connectivity index is 1.65. The maximum Gasteiger partial charge on any atom is 0.251 e. The molecule has 0 saturated heterocycles. The van der Waals surface area contributed by atoms with Crippen LogP contribution >= 0.6 is 0 Å². The number of hydrogen-bond acceptors (Lipinski definition) is 2. The van der Waals surface area contributed by atoms with Crippen LogP contribution in [-0.4, -0.2) is 19.6 Å². The summed E-state index contributed by atoms with van der Waals surface area (Å²) in [5.74, 6) is 0.789. The molecule has 0 atom stereocenters. The van der Waals surface area contributed by atoms with Crippen LogP contribution in [0.3, 0.4) is 0 Å². The maximum absolute atomic E-state index is 12.6. The van der Waals surface area contributed by atoms with Crippen LogP contribution in [-0.2, 0) is 6.42 Å². The first-order valence-electron chi connectivity index (χ1n) is 8.33. The molecular weight excluding hydrogens is 310 g/mol. The first-order chi connectivity index (χ1) is 12.3. The van der Waals surface area contributed by atoms with E-state index < -0.39 is 0 Å². The molecule has 0 bridgehead atoms. The van der Waals surface area contributed by atoms with E-state index in [1.807, 2.05) is 78.9 Å². The molecule has 0 heterocycles. The molecule has 0 fully saturated rings. The molecule has 0 saturated carbocycles. The molecule has 3 nitrogen and oxygen atoms in total. The molecule has 0 spiro atoms. The molecule has 0 radical (unpaired) electrons. The highest BCUT2D eigenvalue weighted by molar-refractivity contribution is 6.00. The number of amides is 1. The van der Waals surface area contributed by atoms with E-state index in [0.29, 0.717) is 12.1 Å². The quantitative estimate of drug-likeness (QED) is 0.730. The summed E-state index contributed by atoms with van der Waals surface area (Å²) in [6.07, 6.45) is 0.781. The summed E-state index contributed by atoms with van der Waals surface area (Å²) >= 11 is 0. The molecule has 126 valence electrons. The van der Waals surface area contributed by atoms with E-state index in [4.69, 9.17) is 4.74 Å². The second-order valence-corrected chi connectivity index (χ2v) is 5.77. The van der Waals surface area contributed by atoms with Gasteiger partial charge >= 0.3 is 0 Å². The van der Waals surface area contributed by atoms with Gasteiger partial charge in [-0.2, -0.15) is 0 Å². The summed E-state index contributed by atoms with van der Waals surface area (Å²) in [5, 5.41) is 3.02. The Morgan fingerprint density at radius 3 is 2.28 bits per heavy atom. The molecular formula is C22H21NO2. The molecule has 3 aromatic rings. The fourth-order valence-corrected chi connectivity index (χ4v) is 2.76. The van der Waals surface area contributed by atoms with Crippen molar-refractivity contribution in [3.05, 3.63) is 90.0 Å². The van der Waals surface area contributed by atoms with Crippen LogP contribution in [0.4, 0.5) is 0 Å². The smallest absolute Gasteiger partial charge is 0.251 e. The van der Waals surface area contributed by atoms with Gasteiger partial charge in [0.25, 0.3) is 5.91 Å². The lowest BCUT2D eigenvalue weighted by molar-refractivity contribution is 0.0955. The van der Waals surface area contributed by atoms with Gasteiger partial charge < -0.3 is 10.1 Å². The Bertz CT molecular complexity index is 826. The van der Waals surface area contributed by atoms with Gasteiger partial charge in [0.2, 0.25) is 0 Å². The van der Waals surface area contributed by atoms with Crippen LogP contribution in [0, 0.1) is 0 Å². The van der Waals surface area contributed by atoms with E-state index in [1.54, 1.807) is 7.11 Å². The molecule has 0 aliphatic carbocycles. The molecule has 3 aromatic carbocycles. The van der Waals surface area contributed by atoms with Gasteiger partial charge in [-0.15, -0.1) is 0 Å². The van der Waals surface area contributed by atoms with Crippen molar-refractivity contribution in [1.29, 1.82) is 0 Å². The zero-order valence-electron chi connectivity index (χ0n) is 14.2. The van der Waals surface area contributed by atoms with Crippen LogP contribution in [0.1, 0.15) is 15.9 Å². The molecule has 0 unspecified atom stereocenters. The number of hydrogen-bond donors (Lipinski definition) is 1. The van der Waals surface area contributed by atoms with E-state index >= 15 is 0 Å². The van der Waals surface area contributed by atoms with Gasteiger partial charge in [0.15, 0.2) is 0 Å². The molecule has 0 aliphatic heterocycles. The summed E-state index contributed by atoms with van der Waals surface area (Å²) in [5.41, 5.74) is 3.86. The van der Waals surface area contributed by atoms with Crippen LogP contribution in [0.2, 0.25) is 0 Å². The van der Waals surface area contributed by atoms with Gasteiger partial charge in [-0.1, -0.05) is 60.7 Å². The van der Waals surface area contributed by atoms with Crippen molar-refractivity contribution >= 4 is 5.91 Å². The summed E-state index contributed by atoms with van der Waals surface area (Å²) in [4.78, 5) is 12.6. The van der Waals surface area contributed by atoms with Crippen molar-refractivity contribution in [2.24, 2.45) is 0 Å². The van der Waals surface area contributed by atoms with Gasteiger partial charge in [-0.05, 0) is 41.3 Å². The van der Waals surface area contributed by atoms with E-state index in [2.05, 4.69) is 5.32 Å². The van der Waals surface area contributed by atoms with Gasteiger partial charge in [0.05, 0.1) is 7.11 Å². The fraction of sp³-hybridized carbons (Fsp3) is 0.136. The minimum Gasteiger partial charge on any atom is -0.497 e. The van der Waals surface area contributed by atoms with Crippen LogP contribution < -0.4 is 10.1 Å². The number of carbonyl (C=O) groups is 1. The number of ether oxygens (including phenoxy) is 1. The van der Waals surface area contributed by atoms with Crippen LogP contribution in [0.25, 0.3) is 11.1 Å². The topological polar surface area (TPSA) is 38.3 Å². The predicted octanol–water partition coefficient (Wildman–Crippen LogP) is 4.33. The van der Waals surface area contributed by atoms with Gasteiger partial charge in [0, 0.05) is 12.1 Å². The number of rotatable bonds is 6. The van der Waals surface area contributed by atoms with Gasteiger partial charge in [-0.3, -0.25) is 4.79 Å². The third-order valence-electron chi connectivity index (χ3n) is 4.11. The first kappa shape index (κ1) is 16.8. The Morgan fingerprint density at radius 2 is 1.56 bits per heavy atom. The Kier molecular flexibility index (Phi) is 5.47. The molecule has 1 amide bonds. The lowest BCUT2D eigenvalue weighted by Gasteiger charge is -2.10. The molecule has 0 aliphatic rings. The highest BCUT2D eigenvalue weighted by Crippen LogP contribution is 2.23.